The smallest absolute Gasteiger partial charge is 0.128 e. The fourth-order valence-corrected chi connectivity index (χ4v) is 1.44. The van der Waals surface area contributed by atoms with E-state index in [1.165, 1.54) is 25.4 Å². The number of rotatable bonds is 2. The van der Waals surface area contributed by atoms with Gasteiger partial charge in [0, 0.05) is 5.56 Å². The van der Waals surface area contributed by atoms with Gasteiger partial charge in [-0.05, 0) is 30.3 Å². The average molecular weight is 218 g/mol. The molecule has 0 aliphatic rings. The van der Waals surface area contributed by atoms with Crippen molar-refractivity contribution in [3.05, 3.63) is 42.3 Å². The molecule has 0 spiro atoms. The first-order chi connectivity index (χ1) is 7.70. The Hall–Kier alpha value is -2.10. The van der Waals surface area contributed by atoms with Crippen LogP contribution in [0.5, 0.6) is 5.75 Å². The summed E-state index contributed by atoms with van der Waals surface area (Å²) in [5.74, 6) is 0.257. The van der Waals surface area contributed by atoms with E-state index >= 15 is 0 Å². The zero-order chi connectivity index (χ0) is 11.5. The summed E-state index contributed by atoms with van der Waals surface area (Å²) in [6, 6.07) is 7.75. The molecule has 1 heterocycles. The number of hydrogen-bond acceptors (Lipinski definition) is 3. The quantitative estimate of drug-likeness (QED) is 0.842. The Morgan fingerprint density at radius 2 is 2.06 bits per heavy atom. The van der Waals surface area contributed by atoms with E-state index in [0.29, 0.717) is 22.7 Å². The third-order valence-corrected chi connectivity index (χ3v) is 2.22. The second-order valence-electron chi connectivity index (χ2n) is 3.32. The van der Waals surface area contributed by atoms with Crippen molar-refractivity contribution in [2.24, 2.45) is 0 Å². The van der Waals surface area contributed by atoms with Crippen molar-refractivity contribution in [2.75, 3.05) is 12.8 Å². The number of methoxy groups -OCH3 is 1. The number of pyridine rings is 1. The summed E-state index contributed by atoms with van der Waals surface area (Å²) in [6.45, 7) is 0. The summed E-state index contributed by atoms with van der Waals surface area (Å²) < 4.78 is 18.3. The van der Waals surface area contributed by atoms with Crippen LogP contribution in [0.4, 0.5) is 10.1 Å². The van der Waals surface area contributed by atoms with Crippen LogP contribution in [0.3, 0.4) is 0 Å². The summed E-state index contributed by atoms with van der Waals surface area (Å²) in [5, 5.41) is 0. The van der Waals surface area contributed by atoms with Gasteiger partial charge < -0.3 is 10.5 Å². The van der Waals surface area contributed by atoms with Crippen molar-refractivity contribution in [1.29, 1.82) is 0 Å². The van der Waals surface area contributed by atoms with Crippen molar-refractivity contribution in [3.63, 3.8) is 0 Å². The summed E-state index contributed by atoms with van der Waals surface area (Å²) >= 11 is 0. The van der Waals surface area contributed by atoms with Gasteiger partial charge in [0.1, 0.15) is 11.6 Å². The van der Waals surface area contributed by atoms with Gasteiger partial charge >= 0.3 is 0 Å². The van der Waals surface area contributed by atoms with E-state index in [1.807, 2.05) is 0 Å². The van der Waals surface area contributed by atoms with Crippen LogP contribution in [0, 0.1) is 5.82 Å². The standard InChI is InChI=1S/C12H11FN2O/c1-16-12-5-2-8(13)6-10(12)11-4-3-9(14)7-15-11/h2-7H,14H2,1H3. The van der Waals surface area contributed by atoms with Crippen molar-refractivity contribution < 1.29 is 9.13 Å². The second-order valence-corrected chi connectivity index (χ2v) is 3.32. The second kappa shape index (κ2) is 4.18. The molecule has 0 radical (unpaired) electrons. The molecule has 0 aliphatic heterocycles. The van der Waals surface area contributed by atoms with Crippen molar-refractivity contribution in [3.8, 4) is 17.0 Å². The predicted octanol–water partition coefficient (Wildman–Crippen LogP) is 2.48. The maximum atomic E-state index is 13.1. The molecule has 4 heteroatoms. The molecule has 2 N–H and O–H groups in total. The normalized spacial score (nSPS) is 10.1. The van der Waals surface area contributed by atoms with E-state index in [4.69, 9.17) is 10.5 Å². The van der Waals surface area contributed by atoms with E-state index in [9.17, 15) is 4.39 Å². The Bertz CT molecular complexity index is 497. The number of nitrogens with zero attached hydrogens (tertiary/aromatic N) is 1. The maximum absolute atomic E-state index is 13.1. The number of ether oxygens (including phenoxy) is 1. The van der Waals surface area contributed by atoms with Gasteiger partial charge in [-0.1, -0.05) is 0 Å². The highest BCUT2D eigenvalue weighted by Gasteiger charge is 2.08. The third kappa shape index (κ3) is 1.95. The van der Waals surface area contributed by atoms with Gasteiger partial charge in [0.05, 0.1) is 24.7 Å². The Morgan fingerprint density at radius 1 is 1.25 bits per heavy atom. The lowest BCUT2D eigenvalue weighted by Gasteiger charge is -2.07. The van der Waals surface area contributed by atoms with Crippen LogP contribution < -0.4 is 10.5 Å². The Balaban J connectivity index is 2.53. The lowest BCUT2D eigenvalue weighted by molar-refractivity contribution is 0.415. The number of anilines is 1. The molecule has 1 aromatic carbocycles. The highest BCUT2D eigenvalue weighted by molar-refractivity contribution is 5.67. The molecule has 0 aliphatic carbocycles. The molecule has 0 saturated heterocycles. The van der Waals surface area contributed by atoms with Gasteiger partial charge in [-0.2, -0.15) is 0 Å². The summed E-state index contributed by atoms with van der Waals surface area (Å²) in [5.41, 5.74) is 7.35. The minimum atomic E-state index is -0.325. The van der Waals surface area contributed by atoms with Gasteiger partial charge in [-0.15, -0.1) is 0 Å². The first kappa shape index (κ1) is 10.4. The van der Waals surface area contributed by atoms with E-state index in [0.717, 1.165) is 0 Å². The number of nitrogens with two attached hydrogens (primary N) is 1. The number of hydrogen-bond donors (Lipinski definition) is 1. The van der Waals surface area contributed by atoms with Crippen LogP contribution in [0.1, 0.15) is 0 Å². The monoisotopic (exact) mass is 218 g/mol. The highest BCUT2D eigenvalue weighted by Crippen LogP contribution is 2.29. The van der Waals surface area contributed by atoms with Crippen LogP contribution in [-0.4, -0.2) is 12.1 Å². The van der Waals surface area contributed by atoms with Crippen molar-refractivity contribution >= 4 is 5.69 Å². The molecule has 0 fully saturated rings. The Labute approximate surface area is 92.7 Å². The van der Waals surface area contributed by atoms with Crippen LogP contribution in [0.25, 0.3) is 11.3 Å². The topological polar surface area (TPSA) is 48.1 Å². The van der Waals surface area contributed by atoms with Crippen LogP contribution in [-0.2, 0) is 0 Å². The Kier molecular flexibility index (Phi) is 2.72. The SMILES string of the molecule is COc1ccc(F)cc1-c1ccc(N)cn1. The molecule has 0 unspecified atom stereocenters. The minimum absolute atomic E-state index is 0.325. The molecule has 0 atom stereocenters. The molecule has 82 valence electrons. The first-order valence-corrected chi connectivity index (χ1v) is 4.76. The van der Waals surface area contributed by atoms with Gasteiger partial charge in [-0.3, -0.25) is 4.98 Å². The van der Waals surface area contributed by atoms with E-state index < -0.39 is 0 Å². The number of benzene rings is 1. The molecule has 0 bridgehead atoms. The zero-order valence-corrected chi connectivity index (χ0v) is 8.77. The van der Waals surface area contributed by atoms with Gasteiger partial charge in [0.2, 0.25) is 0 Å². The highest BCUT2D eigenvalue weighted by atomic mass is 19.1. The van der Waals surface area contributed by atoms with Crippen molar-refractivity contribution in [1.82, 2.24) is 4.98 Å². The predicted molar refractivity (Wildman–Crippen MR) is 60.6 cm³/mol. The van der Waals surface area contributed by atoms with Crippen LogP contribution in [0.2, 0.25) is 0 Å². The molecular formula is C12H11FN2O. The van der Waals surface area contributed by atoms with Gasteiger partial charge in [0.25, 0.3) is 0 Å². The molecule has 2 rings (SSSR count). The summed E-state index contributed by atoms with van der Waals surface area (Å²) in [7, 11) is 1.54. The molecular weight excluding hydrogens is 207 g/mol. The summed E-state index contributed by atoms with van der Waals surface area (Å²) in [6.07, 6.45) is 1.53. The fraction of sp³-hybridized carbons (Fsp3) is 0.0833. The first-order valence-electron chi connectivity index (χ1n) is 4.76. The number of aromatic nitrogens is 1. The number of nitrogen functional groups attached to an aromatic ring is 1. The lowest BCUT2D eigenvalue weighted by atomic mass is 10.1. The fourth-order valence-electron chi connectivity index (χ4n) is 1.44. The Morgan fingerprint density at radius 3 is 2.69 bits per heavy atom. The molecule has 3 nitrogen and oxygen atoms in total. The van der Waals surface area contributed by atoms with Gasteiger partial charge in [-0.25, -0.2) is 4.39 Å². The van der Waals surface area contributed by atoms with Crippen LogP contribution in [0.15, 0.2) is 36.5 Å². The molecule has 0 amide bonds. The third-order valence-electron chi connectivity index (χ3n) is 2.22. The van der Waals surface area contributed by atoms with Crippen LogP contribution >= 0.6 is 0 Å². The van der Waals surface area contributed by atoms with E-state index in [2.05, 4.69) is 4.98 Å². The average Bonchev–Trinajstić information content (AvgIpc) is 2.30. The largest absolute Gasteiger partial charge is 0.496 e. The molecule has 0 saturated carbocycles. The lowest BCUT2D eigenvalue weighted by Crippen LogP contribution is -1.92. The van der Waals surface area contributed by atoms with Gasteiger partial charge in [0.15, 0.2) is 0 Å². The molecule has 16 heavy (non-hydrogen) atoms. The van der Waals surface area contributed by atoms with E-state index in [-0.39, 0.29) is 5.82 Å². The van der Waals surface area contributed by atoms with E-state index in [1.54, 1.807) is 18.2 Å². The van der Waals surface area contributed by atoms with Crippen molar-refractivity contribution in [2.45, 2.75) is 0 Å². The molecule has 1 aromatic heterocycles. The zero-order valence-electron chi connectivity index (χ0n) is 8.77. The minimum Gasteiger partial charge on any atom is -0.496 e. The molecule has 2 aromatic rings. The number of halogens is 1. The summed E-state index contributed by atoms with van der Waals surface area (Å²) in [4.78, 5) is 4.13. The maximum Gasteiger partial charge on any atom is 0.128 e.